The molecule has 1 aromatic heterocycles. The highest BCUT2D eigenvalue weighted by Gasteiger charge is 2.07. The van der Waals surface area contributed by atoms with Gasteiger partial charge in [0.25, 0.3) is 0 Å². The molecule has 1 aromatic carbocycles. The molecule has 17 heavy (non-hydrogen) atoms. The smallest absolute Gasteiger partial charge is 0.207 e. The lowest BCUT2D eigenvalue weighted by Gasteiger charge is -2.11. The number of imidazole rings is 1. The van der Waals surface area contributed by atoms with Crippen molar-refractivity contribution in [2.24, 2.45) is 7.05 Å². The molecule has 0 radical (unpaired) electrons. The Hall–Kier alpha value is -1.49. The number of aryl methyl sites for hydroxylation is 2. The lowest BCUT2D eigenvalue weighted by molar-refractivity contribution is 0.416. The first-order chi connectivity index (χ1) is 8.10. The average molecular weight is 296 g/mol. The van der Waals surface area contributed by atoms with Gasteiger partial charge in [-0.05, 0) is 25.1 Å². The van der Waals surface area contributed by atoms with E-state index in [0.29, 0.717) is 0 Å². The van der Waals surface area contributed by atoms with Crippen LogP contribution in [0.3, 0.4) is 0 Å². The molecule has 0 amide bonds. The Labute approximate surface area is 109 Å². The van der Waals surface area contributed by atoms with Crippen molar-refractivity contribution in [2.45, 2.75) is 6.92 Å². The van der Waals surface area contributed by atoms with Gasteiger partial charge in [-0.2, -0.15) is 0 Å². The van der Waals surface area contributed by atoms with E-state index in [1.807, 2.05) is 42.9 Å². The van der Waals surface area contributed by atoms with Crippen LogP contribution in [0.15, 0.2) is 28.9 Å². The highest BCUT2D eigenvalue weighted by molar-refractivity contribution is 9.10. The minimum absolute atomic E-state index is 0.786. The van der Waals surface area contributed by atoms with Gasteiger partial charge in [-0.25, -0.2) is 4.98 Å². The van der Waals surface area contributed by atoms with E-state index in [0.717, 1.165) is 27.6 Å². The topological polar surface area (TPSA) is 39.1 Å². The van der Waals surface area contributed by atoms with E-state index in [1.54, 1.807) is 7.11 Å². The number of hydrogen-bond acceptors (Lipinski definition) is 3. The van der Waals surface area contributed by atoms with Crippen LogP contribution < -0.4 is 10.1 Å². The van der Waals surface area contributed by atoms with Crippen molar-refractivity contribution in [3.8, 4) is 5.75 Å². The number of nitrogens with zero attached hydrogens (tertiary/aromatic N) is 2. The Bertz CT molecular complexity index is 537. The Balaban J connectivity index is 2.35. The number of anilines is 2. The third kappa shape index (κ3) is 2.61. The van der Waals surface area contributed by atoms with Crippen molar-refractivity contribution in [1.82, 2.24) is 9.55 Å². The van der Waals surface area contributed by atoms with Crippen molar-refractivity contribution in [3.05, 3.63) is 34.6 Å². The van der Waals surface area contributed by atoms with Gasteiger partial charge in [-0.15, -0.1) is 0 Å². The molecule has 0 saturated heterocycles. The van der Waals surface area contributed by atoms with E-state index in [-0.39, 0.29) is 0 Å². The summed E-state index contributed by atoms with van der Waals surface area (Å²) >= 11 is 3.44. The minimum Gasteiger partial charge on any atom is -0.495 e. The Morgan fingerprint density at radius 1 is 1.41 bits per heavy atom. The molecule has 0 aliphatic rings. The van der Waals surface area contributed by atoms with Gasteiger partial charge in [0.05, 0.1) is 18.5 Å². The van der Waals surface area contributed by atoms with E-state index in [2.05, 4.69) is 26.2 Å². The zero-order valence-corrected chi connectivity index (χ0v) is 11.6. The van der Waals surface area contributed by atoms with Crippen LogP contribution >= 0.6 is 15.9 Å². The van der Waals surface area contributed by atoms with Gasteiger partial charge in [-0.3, -0.25) is 0 Å². The first kappa shape index (κ1) is 12.0. The SMILES string of the molecule is COc1ccc(Br)cc1Nc1nc(C)cn1C. The van der Waals surface area contributed by atoms with Gasteiger partial charge in [0, 0.05) is 17.7 Å². The first-order valence-electron chi connectivity index (χ1n) is 5.20. The van der Waals surface area contributed by atoms with Gasteiger partial charge in [0.1, 0.15) is 5.75 Å². The summed E-state index contributed by atoms with van der Waals surface area (Å²) < 4.78 is 8.23. The van der Waals surface area contributed by atoms with Gasteiger partial charge < -0.3 is 14.6 Å². The molecule has 0 saturated carbocycles. The largest absolute Gasteiger partial charge is 0.495 e. The molecule has 0 bridgehead atoms. The molecule has 0 fully saturated rings. The van der Waals surface area contributed by atoms with E-state index in [4.69, 9.17) is 4.74 Å². The molecule has 0 spiro atoms. The molecule has 0 aliphatic carbocycles. The molecule has 4 nitrogen and oxygen atoms in total. The zero-order chi connectivity index (χ0) is 12.4. The second-order valence-corrected chi connectivity index (χ2v) is 4.70. The molecular weight excluding hydrogens is 282 g/mol. The number of aromatic nitrogens is 2. The van der Waals surface area contributed by atoms with E-state index < -0.39 is 0 Å². The van der Waals surface area contributed by atoms with E-state index in [9.17, 15) is 0 Å². The fourth-order valence-corrected chi connectivity index (χ4v) is 1.99. The summed E-state index contributed by atoms with van der Waals surface area (Å²) in [5.74, 6) is 1.58. The number of hydrogen-bond donors (Lipinski definition) is 1. The number of halogens is 1. The molecule has 0 unspecified atom stereocenters. The lowest BCUT2D eigenvalue weighted by atomic mass is 10.3. The fourth-order valence-electron chi connectivity index (χ4n) is 1.63. The summed E-state index contributed by atoms with van der Waals surface area (Å²) in [6.45, 7) is 1.96. The average Bonchev–Trinajstić information content (AvgIpc) is 2.58. The summed E-state index contributed by atoms with van der Waals surface area (Å²) in [5.41, 5.74) is 1.86. The number of rotatable bonds is 3. The molecule has 2 aromatic rings. The highest BCUT2D eigenvalue weighted by Crippen LogP contribution is 2.30. The van der Waals surface area contributed by atoms with Crippen molar-refractivity contribution in [1.29, 1.82) is 0 Å². The van der Waals surface area contributed by atoms with Crippen molar-refractivity contribution in [3.63, 3.8) is 0 Å². The number of methoxy groups -OCH3 is 1. The Morgan fingerprint density at radius 3 is 2.76 bits per heavy atom. The molecule has 5 heteroatoms. The van der Waals surface area contributed by atoms with Crippen molar-refractivity contribution < 1.29 is 4.74 Å². The summed E-state index contributed by atoms with van der Waals surface area (Å²) in [5, 5.41) is 3.25. The minimum atomic E-state index is 0.786. The molecule has 90 valence electrons. The maximum atomic E-state index is 5.30. The van der Waals surface area contributed by atoms with Gasteiger partial charge in [0.2, 0.25) is 5.95 Å². The zero-order valence-electron chi connectivity index (χ0n) is 9.99. The van der Waals surface area contributed by atoms with Crippen molar-refractivity contribution >= 4 is 27.6 Å². The number of benzene rings is 1. The predicted octanol–water partition coefficient (Wildman–Crippen LogP) is 3.24. The van der Waals surface area contributed by atoms with Gasteiger partial charge in [0.15, 0.2) is 0 Å². The maximum absolute atomic E-state index is 5.30. The third-order valence-electron chi connectivity index (χ3n) is 2.40. The molecule has 1 N–H and O–H groups in total. The van der Waals surface area contributed by atoms with Crippen LogP contribution in [-0.2, 0) is 7.05 Å². The van der Waals surface area contributed by atoms with E-state index >= 15 is 0 Å². The summed E-state index contributed by atoms with van der Waals surface area (Å²) in [6.07, 6.45) is 1.97. The fraction of sp³-hybridized carbons (Fsp3) is 0.250. The summed E-state index contributed by atoms with van der Waals surface area (Å²) in [7, 11) is 3.60. The van der Waals surface area contributed by atoms with E-state index in [1.165, 1.54) is 0 Å². The van der Waals surface area contributed by atoms with Crippen LogP contribution in [0.25, 0.3) is 0 Å². The summed E-state index contributed by atoms with van der Waals surface area (Å²) in [6, 6.07) is 5.80. The molecule has 1 heterocycles. The van der Waals surface area contributed by atoms with Gasteiger partial charge >= 0.3 is 0 Å². The first-order valence-corrected chi connectivity index (χ1v) is 6.00. The second-order valence-electron chi connectivity index (χ2n) is 3.79. The Morgan fingerprint density at radius 2 is 2.18 bits per heavy atom. The van der Waals surface area contributed by atoms with Crippen molar-refractivity contribution in [2.75, 3.05) is 12.4 Å². The highest BCUT2D eigenvalue weighted by atomic mass is 79.9. The summed E-state index contributed by atoms with van der Waals surface area (Å²) in [4.78, 5) is 4.39. The normalized spacial score (nSPS) is 10.4. The van der Waals surface area contributed by atoms with Gasteiger partial charge in [-0.1, -0.05) is 15.9 Å². The lowest BCUT2D eigenvalue weighted by Crippen LogP contribution is -2.00. The third-order valence-corrected chi connectivity index (χ3v) is 2.90. The van der Waals surface area contributed by atoms with Crippen LogP contribution in [-0.4, -0.2) is 16.7 Å². The quantitative estimate of drug-likeness (QED) is 0.945. The van der Waals surface area contributed by atoms with Crippen LogP contribution in [0.5, 0.6) is 5.75 Å². The number of nitrogens with one attached hydrogen (secondary N) is 1. The molecular formula is C12H14BrN3O. The monoisotopic (exact) mass is 295 g/mol. The Kier molecular flexibility index (Phi) is 3.38. The molecule has 2 rings (SSSR count). The van der Waals surface area contributed by atoms with Crippen LogP contribution in [0.4, 0.5) is 11.6 Å². The predicted molar refractivity (Wildman–Crippen MR) is 71.9 cm³/mol. The standard InChI is InChI=1S/C12H14BrN3O/c1-8-7-16(2)12(14-8)15-10-6-9(13)4-5-11(10)17-3/h4-7H,1-3H3,(H,14,15). The second kappa shape index (κ2) is 4.79. The molecule has 0 aliphatic heterocycles. The van der Waals surface area contributed by atoms with Crippen LogP contribution in [0.1, 0.15) is 5.69 Å². The van der Waals surface area contributed by atoms with Crippen LogP contribution in [0, 0.1) is 6.92 Å². The van der Waals surface area contributed by atoms with Crippen LogP contribution in [0.2, 0.25) is 0 Å². The maximum Gasteiger partial charge on any atom is 0.207 e. The molecule has 0 atom stereocenters. The number of ether oxygens (including phenoxy) is 1.